The predicted octanol–water partition coefficient (Wildman–Crippen LogP) is 1.29. The second kappa shape index (κ2) is 8.24. The van der Waals surface area contributed by atoms with Gasteiger partial charge >= 0.3 is 0 Å². The van der Waals surface area contributed by atoms with Crippen molar-refractivity contribution in [1.29, 1.82) is 0 Å². The third-order valence-electron chi connectivity index (χ3n) is 2.70. The summed E-state index contributed by atoms with van der Waals surface area (Å²) < 4.78 is 13.2. The number of halogens is 3. The van der Waals surface area contributed by atoms with Gasteiger partial charge in [0.25, 0.3) is 0 Å². The number of amides is 1. The van der Waals surface area contributed by atoms with Crippen molar-refractivity contribution in [1.82, 2.24) is 15.6 Å². The molecule has 2 rings (SSSR count). The SMILES string of the molecule is Cl.Cl.O=C(NCc1ncccc1F)C1CCNC1. The first-order chi connectivity index (χ1) is 7.77. The van der Waals surface area contributed by atoms with Crippen LogP contribution in [0.15, 0.2) is 18.3 Å². The molecule has 1 atom stereocenters. The van der Waals surface area contributed by atoms with Crippen molar-refractivity contribution in [2.45, 2.75) is 13.0 Å². The Bertz CT molecular complexity index is 386. The molecule has 2 heterocycles. The molecule has 0 spiro atoms. The number of nitrogens with zero attached hydrogens (tertiary/aromatic N) is 1. The van der Waals surface area contributed by atoms with Crippen molar-refractivity contribution < 1.29 is 9.18 Å². The molecule has 0 saturated carbocycles. The number of carbonyl (C=O) groups excluding carboxylic acids is 1. The second-order valence-electron chi connectivity index (χ2n) is 3.84. The molecular formula is C11H16Cl2FN3O. The molecule has 2 N–H and O–H groups in total. The van der Waals surface area contributed by atoms with Gasteiger partial charge < -0.3 is 10.6 Å². The van der Waals surface area contributed by atoms with E-state index in [0.29, 0.717) is 6.54 Å². The highest BCUT2D eigenvalue weighted by molar-refractivity contribution is 5.85. The Kier molecular flexibility index (Phi) is 7.82. The standard InChI is InChI=1S/C11H14FN3O.2ClH/c12-9-2-1-4-14-10(9)7-15-11(16)8-3-5-13-6-8;;/h1-2,4,8,13H,3,5-7H2,(H,15,16);2*1H. The molecule has 1 aromatic heterocycles. The smallest absolute Gasteiger partial charge is 0.224 e. The lowest BCUT2D eigenvalue weighted by Crippen LogP contribution is -2.31. The van der Waals surface area contributed by atoms with E-state index in [0.717, 1.165) is 13.0 Å². The van der Waals surface area contributed by atoms with Crippen molar-refractivity contribution in [3.8, 4) is 0 Å². The van der Waals surface area contributed by atoms with E-state index < -0.39 is 0 Å². The first-order valence-corrected chi connectivity index (χ1v) is 5.35. The Labute approximate surface area is 118 Å². The van der Waals surface area contributed by atoms with Crippen LogP contribution in [0.4, 0.5) is 4.39 Å². The number of hydrogen-bond acceptors (Lipinski definition) is 3. The molecular weight excluding hydrogens is 280 g/mol. The molecule has 1 amide bonds. The Morgan fingerprint density at radius 2 is 2.33 bits per heavy atom. The van der Waals surface area contributed by atoms with Crippen LogP contribution in [0, 0.1) is 11.7 Å². The van der Waals surface area contributed by atoms with E-state index in [-0.39, 0.29) is 54.7 Å². The molecule has 7 heteroatoms. The molecule has 0 radical (unpaired) electrons. The average Bonchev–Trinajstić information content (AvgIpc) is 2.81. The highest BCUT2D eigenvalue weighted by atomic mass is 35.5. The number of pyridine rings is 1. The summed E-state index contributed by atoms with van der Waals surface area (Å²) in [5.74, 6) is -0.408. The molecule has 0 aromatic carbocycles. The maximum absolute atomic E-state index is 13.2. The maximum atomic E-state index is 13.2. The number of rotatable bonds is 3. The maximum Gasteiger partial charge on any atom is 0.224 e. The quantitative estimate of drug-likeness (QED) is 0.884. The van der Waals surface area contributed by atoms with Gasteiger partial charge in [-0.1, -0.05) is 0 Å². The lowest BCUT2D eigenvalue weighted by Gasteiger charge is -2.09. The van der Waals surface area contributed by atoms with Crippen molar-refractivity contribution >= 4 is 30.7 Å². The lowest BCUT2D eigenvalue weighted by atomic mass is 10.1. The van der Waals surface area contributed by atoms with Gasteiger partial charge in [0.15, 0.2) is 0 Å². The summed E-state index contributed by atoms with van der Waals surface area (Å²) in [6, 6.07) is 2.87. The summed E-state index contributed by atoms with van der Waals surface area (Å²) >= 11 is 0. The van der Waals surface area contributed by atoms with Crippen LogP contribution >= 0.6 is 24.8 Å². The highest BCUT2D eigenvalue weighted by Gasteiger charge is 2.22. The summed E-state index contributed by atoms with van der Waals surface area (Å²) in [6.07, 6.45) is 2.36. The van der Waals surface area contributed by atoms with Crippen LogP contribution in [0.25, 0.3) is 0 Å². The largest absolute Gasteiger partial charge is 0.350 e. The highest BCUT2D eigenvalue weighted by Crippen LogP contribution is 2.08. The van der Waals surface area contributed by atoms with Gasteiger partial charge in [-0.25, -0.2) is 4.39 Å². The second-order valence-corrected chi connectivity index (χ2v) is 3.84. The van der Waals surface area contributed by atoms with E-state index in [4.69, 9.17) is 0 Å². The minimum atomic E-state index is -0.382. The van der Waals surface area contributed by atoms with E-state index in [1.807, 2.05) is 0 Å². The number of aromatic nitrogens is 1. The number of carbonyl (C=O) groups is 1. The van der Waals surface area contributed by atoms with E-state index in [9.17, 15) is 9.18 Å². The molecule has 1 aromatic rings. The van der Waals surface area contributed by atoms with Crippen molar-refractivity contribution in [3.63, 3.8) is 0 Å². The Hall–Kier alpha value is -0.910. The third kappa shape index (κ3) is 4.40. The molecule has 0 aliphatic carbocycles. The molecule has 4 nitrogen and oxygen atoms in total. The summed E-state index contributed by atoms with van der Waals surface area (Å²) in [5, 5.41) is 5.81. The van der Waals surface area contributed by atoms with Crippen LogP contribution in [0.5, 0.6) is 0 Å². The lowest BCUT2D eigenvalue weighted by molar-refractivity contribution is -0.124. The van der Waals surface area contributed by atoms with E-state index in [1.165, 1.54) is 18.3 Å². The molecule has 1 aliphatic heterocycles. The van der Waals surface area contributed by atoms with Crippen LogP contribution < -0.4 is 10.6 Å². The first-order valence-electron chi connectivity index (χ1n) is 5.35. The van der Waals surface area contributed by atoms with Gasteiger partial charge in [0.1, 0.15) is 5.82 Å². The van der Waals surface area contributed by atoms with Gasteiger partial charge in [0, 0.05) is 12.7 Å². The summed E-state index contributed by atoms with van der Waals surface area (Å²) in [5.41, 5.74) is 0.279. The van der Waals surface area contributed by atoms with Gasteiger partial charge in [-0.05, 0) is 25.1 Å². The zero-order valence-electron chi connectivity index (χ0n) is 9.69. The van der Waals surface area contributed by atoms with E-state index >= 15 is 0 Å². The Balaban J connectivity index is 0.00000144. The monoisotopic (exact) mass is 295 g/mol. The molecule has 102 valence electrons. The van der Waals surface area contributed by atoms with Crippen molar-refractivity contribution in [2.75, 3.05) is 13.1 Å². The van der Waals surface area contributed by atoms with Crippen LogP contribution in [0.1, 0.15) is 12.1 Å². The van der Waals surface area contributed by atoms with Crippen LogP contribution in [-0.4, -0.2) is 24.0 Å². The predicted molar refractivity (Wildman–Crippen MR) is 71.5 cm³/mol. The van der Waals surface area contributed by atoms with Crippen LogP contribution in [0.3, 0.4) is 0 Å². The first kappa shape index (κ1) is 17.1. The average molecular weight is 296 g/mol. The molecule has 1 fully saturated rings. The number of nitrogens with one attached hydrogen (secondary N) is 2. The Morgan fingerprint density at radius 3 is 2.94 bits per heavy atom. The van der Waals surface area contributed by atoms with Gasteiger partial charge in [0.05, 0.1) is 18.2 Å². The molecule has 1 saturated heterocycles. The Morgan fingerprint density at radius 1 is 1.56 bits per heavy atom. The van der Waals surface area contributed by atoms with Crippen molar-refractivity contribution in [2.24, 2.45) is 5.92 Å². The van der Waals surface area contributed by atoms with E-state index in [1.54, 1.807) is 0 Å². The third-order valence-corrected chi connectivity index (χ3v) is 2.70. The fourth-order valence-corrected chi connectivity index (χ4v) is 1.74. The number of hydrogen-bond donors (Lipinski definition) is 2. The molecule has 18 heavy (non-hydrogen) atoms. The summed E-state index contributed by atoms with van der Waals surface area (Å²) in [7, 11) is 0. The zero-order chi connectivity index (χ0) is 11.4. The summed E-state index contributed by atoms with van der Waals surface area (Å²) in [4.78, 5) is 15.5. The van der Waals surface area contributed by atoms with Crippen molar-refractivity contribution in [3.05, 3.63) is 29.8 Å². The fourth-order valence-electron chi connectivity index (χ4n) is 1.74. The normalized spacial score (nSPS) is 17.5. The molecule has 1 unspecified atom stereocenters. The molecule has 0 bridgehead atoms. The summed E-state index contributed by atoms with van der Waals surface area (Å²) in [6.45, 7) is 1.73. The minimum Gasteiger partial charge on any atom is -0.350 e. The topological polar surface area (TPSA) is 54.0 Å². The van der Waals surface area contributed by atoms with Gasteiger partial charge in [-0.2, -0.15) is 0 Å². The molecule has 1 aliphatic rings. The van der Waals surface area contributed by atoms with Crippen LogP contribution in [0.2, 0.25) is 0 Å². The van der Waals surface area contributed by atoms with Crippen LogP contribution in [-0.2, 0) is 11.3 Å². The fraction of sp³-hybridized carbons (Fsp3) is 0.455. The van der Waals surface area contributed by atoms with Gasteiger partial charge in [0.2, 0.25) is 5.91 Å². The zero-order valence-corrected chi connectivity index (χ0v) is 11.3. The van der Waals surface area contributed by atoms with Gasteiger partial charge in [-0.15, -0.1) is 24.8 Å². The minimum absolute atomic E-state index is 0. The van der Waals surface area contributed by atoms with E-state index in [2.05, 4.69) is 15.6 Å². The van der Waals surface area contributed by atoms with Gasteiger partial charge in [-0.3, -0.25) is 9.78 Å².